The summed E-state index contributed by atoms with van der Waals surface area (Å²) in [7, 11) is 3.98. The van der Waals surface area contributed by atoms with Gasteiger partial charge >= 0.3 is 0 Å². The lowest BCUT2D eigenvalue weighted by Gasteiger charge is -2.36. The van der Waals surface area contributed by atoms with Gasteiger partial charge in [0.1, 0.15) is 90.3 Å². The van der Waals surface area contributed by atoms with Crippen LogP contribution in [0.25, 0.3) is 21.0 Å². The van der Waals surface area contributed by atoms with E-state index in [1.165, 1.54) is 97.8 Å². The molecular formula is C88H120N20O19S2. The van der Waals surface area contributed by atoms with Crippen LogP contribution in [0.1, 0.15) is 141 Å². The number of primary amides is 2. The first-order valence-corrected chi connectivity index (χ1v) is 45.5. The Morgan fingerprint density at radius 1 is 0.550 bits per heavy atom. The Morgan fingerprint density at radius 2 is 1.10 bits per heavy atom. The number of hydrogen-bond donors (Lipinski definition) is 16. The number of benzene rings is 3. The van der Waals surface area contributed by atoms with E-state index >= 15 is 33.6 Å². The maximum atomic E-state index is 15.6. The number of unbranched alkanes of at least 4 members (excludes halogenated alkanes) is 2. The quantitative estimate of drug-likeness (QED) is 0.0411. The highest BCUT2D eigenvalue weighted by Gasteiger charge is 2.45. The molecule has 0 spiro atoms. The normalized spacial score (nSPS) is 24.8. The van der Waals surface area contributed by atoms with E-state index in [1.54, 1.807) is 50.4 Å². The smallest absolute Gasteiger partial charge is 0.246 e. The van der Waals surface area contributed by atoms with Gasteiger partial charge in [-0.05, 0) is 116 Å². The molecule has 9 rings (SSSR count). The van der Waals surface area contributed by atoms with E-state index in [0.717, 1.165) is 31.6 Å². The molecule has 698 valence electrons. The number of aromatic amines is 2. The lowest BCUT2D eigenvalue weighted by molar-refractivity contribution is -0.149. The zero-order valence-corrected chi connectivity index (χ0v) is 75.6. The summed E-state index contributed by atoms with van der Waals surface area (Å²) in [5, 5.41) is 51.2. The summed E-state index contributed by atoms with van der Waals surface area (Å²) in [4.78, 5) is 264. The average molecular weight is 1830 g/mol. The summed E-state index contributed by atoms with van der Waals surface area (Å²) >= 11 is 2.16. The number of nitrogens with zero attached hydrogens (tertiary/aromatic N) is 6. The monoisotopic (exact) mass is 1820 g/mol. The Balaban J connectivity index is 1.07. The fraction of sp³-hybridized carbons (Fsp3) is 0.523. The Kier molecular flexibility index (Phi) is 36.9. The van der Waals surface area contributed by atoms with Crippen molar-refractivity contribution >= 4 is 145 Å². The van der Waals surface area contributed by atoms with Gasteiger partial charge in [0.2, 0.25) is 100 Å². The molecule has 14 atom stereocenters. The topological polar surface area (TPSA) is 564 Å². The number of rotatable bonds is 22. The van der Waals surface area contributed by atoms with Gasteiger partial charge in [-0.1, -0.05) is 102 Å². The summed E-state index contributed by atoms with van der Waals surface area (Å²) in [6.07, 6.45) is 5.18. The van der Waals surface area contributed by atoms with Gasteiger partial charge in [-0.15, -0.1) is 23.1 Å². The molecule has 3 aromatic carbocycles. The molecule has 0 unspecified atom stereocenters. The Labute approximate surface area is 755 Å². The first-order valence-electron chi connectivity index (χ1n) is 43.4. The number of aliphatic hydroxyl groups is 1. The third-order valence-electron chi connectivity index (χ3n) is 23.3. The highest BCUT2D eigenvalue weighted by atomic mass is 32.2. The van der Waals surface area contributed by atoms with Crippen LogP contribution in [0.5, 0.6) is 5.75 Å². The molecule has 6 heterocycles. The molecular weight excluding hydrogens is 1710 g/mol. The SMILES string of the molecule is CCCC[C@H]1C(=O)N(C)[C@@H](CCCC)C(=O)N[C@@H](C)C(=O)N[C@H](C(=O)NCC(N)=O)CSCC(=O)N[C@@H](Cc2ccc(O)cc2)C(=O)N(C)[C@@H](C)C(=O)N[C@@H](CC(N)=O)C(=O)N2CCC[C@H]2C(=O)N[C@@H](Cc2cnc[nH]2)C(=O)N[C@@H](CC(C)C)C(=O)N2CCC[C@H]2C(=O)N[C@@H](Cc2c[nH]c3ccccc23)C(=O)N[C@@H](CO)C(=O)N[C@@H](Cc2csc3ccccc23)C(=O)N1C. The number of nitrogens with one attached hydrogen (secondary N) is 12. The second-order valence-electron chi connectivity index (χ2n) is 33.4. The summed E-state index contributed by atoms with van der Waals surface area (Å²) in [6, 6.07) is -0.564. The number of carbonyl (C=O) groups excluding carboxylic acids is 17. The largest absolute Gasteiger partial charge is 0.508 e. The summed E-state index contributed by atoms with van der Waals surface area (Å²) in [5.74, 6) is -16.4. The number of imidazole rings is 1. The minimum absolute atomic E-state index is 0.00364. The highest BCUT2D eigenvalue weighted by Crippen LogP contribution is 2.30. The molecule has 17 amide bonds. The van der Waals surface area contributed by atoms with Gasteiger partial charge in [-0.2, -0.15) is 0 Å². The number of fused-ring (bicyclic) bond motifs is 4. The summed E-state index contributed by atoms with van der Waals surface area (Å²) in [6.45, 7) is 8.10. The van der Waals surface area contributed by atoms with Gasteiger partial charge in [0.25, 0.3) is 0 Å². The van der Waals surface area contributed by atoms with Gasteiger partial charge in [0.05, 0.1) is 31.7 Å². The predicted octanol–water partition coefficient (Wildman–Crippen LogP) is -0.410. The number of carbonyl (C=O) groups is 17. The van der Waals surface area contributed by atoms with Crippen molar-refractivity contribution in [2.45, 2.75) is 229 Å². The number of aromatic hydroxyl groups is 1. The first kappa shape index (κ1) is 100. The maximum absolute atomic E-state index is 15.6. The van der Waals surface area contributed by atoms with Gasteiger partial charge in [0, 0.05) is 99.4 Å². The number of aromatic nitrogens is 3. The maximum Gasteiger partial charge on any atom is 0.246 e. The van der Waals surface area contributed by atoms with Crippen LogP contribution in [0.4, 0.5) is 0 Å². The predicted molar refractivity (Wildman–Crippen MR) is 478 cm³/mol. The van der Waals surface area contributed by atoms with Gasteiger partial charge in [0.15, 0.2) is 0 Å². The van der Waals surface area contributed by atoms with Crippen molar-refractivity contribution in [2.75, 3.05) is 58.9 Å². The van der Waals surface area contributed by atoms with Crippen LogP contribution in [-0.2, 0) is 107 Å². The van der Waals surface area contributed by atoms with Crippen LogP contribution < -0.4 is 64.6 Å². The number of nitrogens with two attached hydrogens (primary N) is 2. The van der Waals surface area contributed by atoms with E-state index < -0.39 is 210 Å². The molecule has 0 saturated carbocycles. The molecule has 6 aromatic rings. The second-order valence-corrected chi connectivity index (χ2v) is 35.3. The fourth-order valence-corrected chi connectivity index (χ4v) is 17.8. The van der Waals surface area contributed by atoms with Crippen molar-refractivity contribution in [3.05, 3.63) is 119 Å². The van der Waals surface area contributed by atoms with Gasteiger partial charge in [-0.25, -0.2) is 4.98 Å². The van der Waals surface area contributed by atoms with E-state index in [2.05, 4.69) is 68.1 Å². The van der Waals surface area contributed by atoms with Crippen LogP contribution in [0, 0.1) is 5.92 Å². The zero-order valence-electron chi connectivity index (χ0n) is 73.9. The molecule has 3 aliphatic rings. The van der Waals surface area contributed by atoms with Crippen LogP contribution in [0.2, 0.25) is 0 Å². The summed E-state index contributed by atoms with van der Waals surface area (Å²) < 4.78 is 0.839. The Hall–Kier alpha value is -12.5. The third kappa shape index (κ3) is 27.3. The van der Waals surface area contributed by atoms with E-state index in [1.807, 2.05) is 37.4 Å². The van der Waals surface area contributed by atoms with Crippen LogP contribution in [-0.4, -0.2) is 294 Å². The number of thioether (sulfide) groups is 1. The second kappa shape index (κ2) is 47.5. The molecule has 3 saturated heterocycles. The van der Waals surface area contributed by atoms with Crippen LogP contribution >= 0.6 is 23.1 Å². The number of H-pyrrole nitrogens is 2. The zero-order chi connectivity index (χ0) is 94.0. The molecule has 39 nitrogen and oxygen atoms in total. The van der Waals surface area contributed by atoms with Crippen molar-refractivity contribution < 1.29 is 91.7 Å². The number of phenolic OH excluding ortho intramolecular Hbond substituents is 1. The third-order valence-corrected chi connectivity index (χ3v) is 25.4. The lowest BCUT2D eigenvalue weighted by Crippen LogP contribution is -2.61. The standard InChI is InChI=1S/C88H120N20O19S2/c1-10-12-23-67-81(120)95-49(5)75(114)103-66(77(116)93-42-73(90)112)45-128-46-74(113)96-62(35-51-28-30-55(110)31-29-51)84(123)104(7)50(6)76(115)99-64(39-72(89)111)87(126)108-33-19-26-69(108)83(122)98-60(38-54-41-91-47-94-54)79(118)100-61(34-48(3)4)86(125)107-32-18-25-68(107)82(121)97-59(36-52-40-92-58-22-16-14-20-56(52)58)78(117)102-65(43-109)80(119)101-63(37-53-44-129-71-27-17-15-21-57(53)71)85(124)106(9)70(24-13-11-2)88(127)105(67)8/h14-17,20-22,27-31,40-41,44,47-50,59-70,92,109-110H,10-13,18-19,23-26,32-39,42-43,45-46H2,1-9H3,(H2,89,111)(H2,90,112)(H,91,94)(H,93,116)(H,95,120)(H,96,113)(H,97,121)(H,98,122)(H,99,115)(H,100,118)(H,101,119)(H,102,117)(H,103,114)/t49-,50-,59-,60-,61-,62-,63-,64-,65-,66-,67-,68-,69-,70-/m0/s1. The Bertz CT molecular complexity index is 5010. The number of hydrogen-bond acceptors (Lipinski definition) is 22. The molecule has 18 N–H and O–H groups in total. The molecule has 0 radical (unpaired) electrons. The van der Waals surface area contributed by atoms with E-state index in [0.29, 0.717) is 59.0 Å². The van der Waals surface area contributed by atoms with E-state index in [-0.39, 0.29) is 101 Å². The van der Waals surface area contributed by atoms with Crippen molar-refractivity contribution in [1.29, 1.82) is 0 Å². The molecule has 129 heavy (non-hydrogen) atoms. The number of aliphatic hydroxyl groups excluding tert-OH is 1. The highest BCUT2D eigenvalue weighted by molar-refractivity contribution is 8.00. The molecule has 3 fully saturated rings. The van der Waals surface area contributed by atoms with E-state index in [9.17, 15) is 58.2 Å². The van der Waals surface area contributed by atoms with Gasteiger partial charge in [-0.3, -0.25) is 81.5 Å². The lowest BCUT2D eigenvalue weighted by atomic mass is 10.00. The van der Waals surface area contributed by atoms with Crippen molar-refractivity contribution in [1.82, 2.24) is 92.6 Å². The summed E-state index contributed by atoms with van der Waals surface area (Å²) in [5.41, 5.74) is 13.7. The number of para-hydroxylation sites is 1. The molecule has 0 aliphatic carbocycles. The minimum atomic E-state index is -1.82. The van der Waals surface area contributed by atoms with Crippen molar-refractivity contribution in [3.63, 3.8) is 0 Å². The number of amides is 17. The number of phenols is 1. The minimum Gasteiger partial charge on any atom is -0.508 e. The Morgan fingerprint density at radius 3 is 1.71 bits per heavy atom. The molecule has 3 aliphatic heterocycles. The molecule has 3 aromatic heterocycles. The first-order chi connectivity index (χ1) is 61.5. The van der Waals surface area contributed by atoms with Crippen molar-refractivity contribution in [2.24, 2.45) is 17.4 Å². The van der Waals surface area contributed by atoms with Crippen LogP contribution in [0.15, 0.2) is 96.9 Å². The average Bonchev–Trinajstić information content (AvgIpc) is 1.76. The number of likely N-dealkylation sites (N-methyl/N-ethyl adjacent to an activating group) is 3. The molecule has 0 bridgehead atoms. The van der Waals surface area contributed by atoms with Crippen LogP contribution in [0.3, 0.4) is 0 Å². The molecule has 41 heteroatoms. The number of thiophene rings is 1. The van der Waals surface area contributed by atoms with Crippen molar-refractivity contribution in [3.8, 4) is 5.75 Å². The van der Waals surface area contributed by atoms with Gasteiger partial charge < -0.3 is 109 Å². The fourth-order valence-electron chi connectivity index (χ4n) is 16.0. The van der Waals surface area contributed by atoms with E-state index in [4.69, 9.17) is 11.5 Å².